The molecule has 1 aliphatic rings. The monoisotopic (exact) mass is 521 g/mol. The van der Waals surface area contributed by atoms with E-state index in [-0.39, 0.29) is 11.2 Å². The Morgan fingerprint density at radius 1 is 1.21 bits per heavy atom. The smallest absolute Gasteiger partial charge is 0.282 e. The van der Waals surface area contributed by atoms with Gasteiger partial charge in [-0.2, -0.15) is 15.0 Å². The molecule has 0 spiro atoms. The molecular weight excluding hydrogens is 497 g/mol. The van der Waals surface area contributed by atoms with Gasteiger partial charge >= 0.3 is 0 Å². The molecule has 0 aliphatic heterocycles. The maximum atomic E-state index is 15.1. The maximum absolute atomic E-state index is 15.1. The fourth-order valence-electron chi connectivity index (χ4n) is 5.02. The third-order valence-corrected chi connectivity index (χ3v) is 7.05. The first-order valence-electron chi connectivity index (χ1n) is 12.5. The fourth-order valence-corrected chi connectivity index (χ4v) is 5.02. The van der Waals surface area contributed by atoms with E-state index in [2.05, 4.69) is 21.1 Å². The van der Waals surface area contributed by atoms with E-state index < -0.39 is 18.0 Å². The van der Waals surface area contributed by atoms with Gasteiger partial charge in [-0.1, -0.05) is 12.1 Å². The zero-order valence-electron chi connectivity index (χ0n) is 21.1. The quantitative estimate of drug-likeness (QED) is 0.347. The summed E-state index contributed by atoms with van der Waals surface area (Å²) in [6.07, 6.45) is 5.69. The van der Waals surface area contributed by atoms with E-state index in [0.29, 0.717) is 51.8 Å². The molecule has 3 N–H and O–H groups in total. The SMILES string of the molecule is Cn1cc(Cc2nc(N)cc(-c3cccc(-n4ncc5cc(C6CC6)cc(F)c5c4=O)c3CO)n2)cc1C#N. The van der Waals surface area contributed by atoms with E-state index in [0.717, 1.165) is 28.7 Å². The number of nitrogens with zero attached hydrogens (tertiary/aromatic N) is 6. The highest BCUT2D eigenvalue weighted by Crippen LogP contribution is 2.41. The zero-order valence-corrected chi connectivity index (χ0v) is 21.1. The van der Waals surface area contributed by atoms with Crippen molar-refractivity contribution < 1.29 is 9.50 Å². The molecule has 3 heterocycles. The molecule has 0 bridgehead atoms. The molecule has 10 heteroatoms. The number of anilines is 1. The summed E-state index contributed by atoms with van der Waals surface area (Å²) in [5.74, 6) is 0.426. The van der Waals surface area contributed by atoms with Gasteiger partial charge in [0.2, 0.25) is 0 Å². The van der Waals surface area contributed by atoms with Gasteiger partial charge in [0, 0.05) is 42.2 Å². The van der Waals surface area contributed by atoms with Crippen LogP contribution in [0.2, 0.25) is 0 Å². The number of aliphatic hydroxyl groups excluding tert-OH is 1. The minimum Gasteiger partial charge on any atom is -0.392 e. The Morgan fingerprint density at radius 3 is 2.74 bits per heavy atom. The number of aryl methyl sites for hydroxylation is 1. The van der Waals surface area contributed by atoms with Crippen LogP contribution in [-0.2, 0) is 20.1 Å². The average molecular weight is 522 g/mol. The summed E-state index contributed by atoms with van der Waals surface area (Å²) >= 11 is 0. The molecule has 39 heavy (non-hydrogen) atoms. The minimum absolute atomic E-state index is 0.0446. The number of nitrogen functional groups attached to an aromatic ring is 1. The van der Waals surface area contributed by atoms with E-state index in [9.17, 15) is 15.2 Å². The van der Waals surface area contributed by atoms with Crippen molar-refractivity contribution in [1.82, 2.24) is 24.3 Å². The van der Waals surface area contributed by atoms with Crippen molar-refractivity contribution >= 4 is 16.6 Å². The van der Waals surface area contributed by atoms with Gasteiger partial charge < -0.3 is 15.4 Å². The lowest BCUT2D eigenvalue weighted by Crippen LogP contribution is -2.23. The molecule has 0 unspecified atom stereocenters. The predicted molar refractivity (Wildman–Crippen MR) is 144 cm³/mol. The number of rotatable bonds is 6. The van der Waals surface area contributed by atoms with Crippen LogP contribution >= 0.6 is 0 Å². The predicted octanol–water partition coefficient (Wildman–Crippen LogP) is 3.73. The normalized spacial score (nSPS) is 13.1. The number of halogens is 1. The number of hydrogen-bond acceptors (Lipinski definition) is 7. The molecule has 0 saturated heterocycles. The Labute approximate surface area is 222 Å². The van der Waals surface area contributed by atoms with Gasteiger partial charge in [0.25, 0.3) is 5.56 Å². The minimum atomic E-state index is -0.612. The number of benzene rings is 2. The molecular formula is C29H24FN7O2. The molecule has 194 valence electrons. The van der Waals surface area contributed by atoms with E-state index in [4.69, 9.17) is 5.73 Å². The summed E-state index contributed by atoms with van der Waals surface area (Å²) in [5, 5.41) is 24.4. The molecule has 6 rings (SSSR count). The largest absolute Gasteiger partial charge is 0.392 e. The van der Waals surface area contributed by atoms with Crippen molar-refractivity contribution in [3.63, 3.8) is 0 Å². The summed E-state index contributed by atoms with van der Waals surface area (Å²) in [4.78, 5) is 22.4. The van der Waals surface area contributed by atoms with Crippen LogP contribution in [0.4, 0.5) is 10.2 Å². The fraction of sp³-hybridized carbons (Fsp3) is 0.207. The van der Waals surface area contributed by atoms with Crippen LogP contribution in [0.1, 0.15) is 47.0 Å². The number of nitrogens with two attached hydrogens (primary N) is 1. The lowest BCUT2D eigenvalue weighted by Gasteiger charge is -2.15. The molecule has 0 atom stereocenters. The topological polar surface area (TPSA) is 136 Å². The van der Waals surface area contributed by atoms with Gasteiger partial charge in [0.1, 0.15) is 29.2 Å². The maximum Gasteiger partial charge on any atom is 0.282 e. The molecule has 0 radical (unpaired) electrons. The molecule has 0 amide bonds. The molecule has 1 aliphatic carbocycles. The molecule has 3 aromatic heterocycles. The number of aromatic nitrogens is 5. The highest BCUT2D eigenvalue weighted by molar-refractivity contribution is 5.83. The number of fused-ring (bicyclic) bond motifs is 1. The van der Waals surface area contributed by atoms with Crippen LogP contribution in [0.5, 0.6) is 0 Å². The Hall–Kier alpha value is -4.88. The first-order chi connectivity index (χ1) is 18.9. The second-order valence-corrected chi connectivity index (χ2v) is 9.79. The highest BCUT2D eigenvalue weighted by Gasteiger charge is 2.25. The third kappa shape index (κ3) is 4.43. The number of hydrogen-bond donors (Lipinski definition) is 2. The second-order valence-electron chi connectivity index (χ2n) is 9.79. The van der Waals surface area contributed by atoms with Gasteiger partial charge in [-0.3, -0.25) is 4.79 Å². The van der Waals surface area contributed by atoms with Gasteiger partial charge in [0.05, 0.1) is 29.6 Å². The third-order valence-electron chi connectivity index (χ3n) is 7.05. The highest BCUT2D eigenvalue weighted by atomic mass is 19.1. The van der Waals surface area contributed by atoms with Crippen molar-refractivity contribution in [2.24, 2.45) is 7.05 Å². The van der Waals surface area contributed by atoms with Gasteiger partial charge in [0.15, 0.2) is 0 Å². The van der Waals surface area contributed by atoms with Gasteiger partial charge in [-0.05, 0) is 54.2 Å². The summed E-state index contributed by atoms with van der Waals surface area (Å²) in [7, 11) is 1.79. The lowest BCUT2D eigenvalue weighted by molar-refractivity contribution is 0.281. The van der Waals surface area contributed by atoms with E-state index in [1.54, 1.807) is 41.9 Å². The van der Waals surface area contributed by atoms with Gasteiger partial charge in [-0.15, -0.1) is 0 Å². The first kappa shape index (κ1) is 24.5. The number of aliphatic hydroxyl groups is 1. The summed E-state index contributed by atoms with van der Waals surface area (Å²) in [6.45, 7) is -0.426. The van der Waals surface area contributed by atoms with Crippen LogP contribution in [0.25, 0.3) is 27.7 Å². The van der Waals surface area contributed by atoms with E-state index in [1.807, 2.05) is 12.3 Å². The van der Waals surface area contributed by atoms with Crippen LogP contribution in [0.15, 0.2) is 59.7 Å². The second kappa shape index (κ2) is 9.45. The summed E-state index contributed by atoms with van der Waals surface area (Å²) in [5.41, 5.74) is 9.43. The Morgan fingerprint density at radius 2 is 2.03 bits per heavy atom. The van der Waals surface area contributed by atoms with E-state index >= 15 is 4.39 Å². The lowest BCUT2D eigenvalue weighted by atomic mass is 10.0. The molecule has 5 aromatic rings. The molecule has 1 fully saturated rings. The van der Waals surface area contributed by atoms with E-state index in [1.165, 1.54) is 12.3 Å². The first-order valence-corrected chi connectivity index (χ1v) is 12.5. The van der Waals surface area contributed by atoms with Crippen LogP contribution in [0, 0.1) is 17.1 Å². The van der Waals surface area contributed by atoms with Crippen LogP contribution < -0.4 is 11.3 Å². The summed E-state index contributed by atoms with van der Waals surface area (Å²) < 4.78 is 17.9. The Balaban J connectivity index is 1.44. The van der Waals surface area contributed by atoms with Crippen molar-refractivity contribution in [2.75, 3.05) is 5.73 Å². The zero-order chi connectivity index (χ0) is 27.3. The van der Waals surface area contributed by atoms with Crippen molar-refractivity contribution in [3.8, 4) is 23.0 Å². The Bertz CT molecular complexity index is 1860. The van der Waals surface area contributed by atoms with Gasteiger partial charge in [-0.25, -0.2) is 14.4 Å². The molecule has 1 saturated carbocycles. The van der Waals surface area contributed by atoms with Crippen LogP contribution in [-0.4, -0.2) is 29.4 Å². The molecule has 9 nitrogen and oxygen atoms in total. The average Bonchev–Trinajstić information content (AvgIpc) is 3.71. The number of nitriles is 1. The molecule has 2 aromatic carbocycles. The van der Waals surface area contributed by atoms with Crippen molar-refractivity contribution in [1.29, 1.82) is 5.26 Å². The van der Waals surface area contributed by atoms with Crippen molar-refractivity contribution in [3.05, 3.63) is 99.2 Å². The van der Waals surface area contributed by atoms with Crippen molar-refractivity contribution in [2.45, 2.75) is 31.8 Å². The Kier molecular flexibility index (Phi) is 5.93. The standard InChI is InChI=1S/C29H24FN7O2/c1-36-14-16(7-20(36)12-31)8-27-34-24(11-26(32)35-27)21-3-2-4-25(22(21)15-38)37-29(39)28-19(13-33-37)9-18(10-23(28)30)17-5-6-17/h2-4,7,9-11,13-14,17,38H,5-6,8,15H2,1H3,(H2,32,34,35). The summed E-state index contributed by atoms with van der Waals surface area (Å²) in [6, 6.07) is 13.9. The van der Waals surface area contributed by atoms with Crippen LogP contribution in [0.3, 0.4) is 0 Å².